The molecule has 30 heavy (non-hydrogen) atoms. The molecule has 0 aliphatic heterocycles. The van der Waals surface area contributed by atoms with Crippen LogP contribution in [0.4, 0.5) is 4.79 Å². The number of halogens is 1. The molecule has 0 saturated heterocycles. The molecule has 1 heterocycles. The van der Waals surface area contributed by atoms with Crippen molar-refractivity contribution in [1.82, 2.24) is 15.1 Å². The Labute approximate surface area is 204 Å². The van der Waals surface area contributed by atoms with Gasteiger partial charge in [-0.05, 0) is 56.9 Å². The van der Waals surface area contributed by atoms with E-state index in [9.17, 15) is 14.9 Å². The minimum atomic E-state index is -1.03. The molecule has 1 aromatic heterocycles. The number of aromatic nitrogens is 2. The number of carbonyl (C=O) groups excluding carboxylic acids is 2. The Morgan fingerprint density at radius 1 is 1.33 bits per heavy atom. The summed E-state index contributed by atoms with van der Waals surface area (Å²) in [5.41, 5.74) is -0.134. The number of nitrogens with zero attached hydrogens (tertiary/aromatic N) is 4. The fourth-order valence-electron chi connectivity index (χ4n) is 2.72. The van der Waals surface area contributed by atoms with Gasteiger partial charge >= 0.3 is 6.16 Å². The van der Waals surface area contributed by atoms with Crippen LogP contribution in [0, 0.1) is 11.3 Å². The van der Waals surface area contributed by atoms with Crippen LogP contribution < -0.4 is 5.10 Å². The van der Waals surface area contributed by atoms with E-state index in [1.54, 1.807) is 51.4 Å². The molecule has 3 rings (SSSR count). The minimum Gasteiger partial charge on any atom is -0.581 e. The first-order chi connectivity index (χ1) is 13.6. The van der Waals surface area contributed by atoms with Gasteiger partial charge in [-0.15, -0.1) is 0 Å². The number of ether oxygens (including phenoxy) is 2. The van der Waals surface area contributed by atoms with Gasteiger partial charge in [0.05, 0.1) is 16.7 Å². The maximum absolute atomic E-state index is 13.3. The smallest absolute Gasteiger partial charge is 0.510 e. The van der Waals surface area contributed by atoms with Gasteiger partial charge in [0.15, 0.2) is 6.73 Å². The van der Waals surface area contributed by atoms with E-state index in [1.165, 1.54) is 4.90 Å². The number of amides is 1. The molecule has 0 unspecified atom stereocenters. The molecule has 0 atom stereocenters. The predicted octanol–water partition coefficient (Wildman–Crippen LogP) is 3.76. The van der Waals surface area contributed by atoms with Gasteiger partial charge in [-0.2, -0.15) is 11.5 Å². The van der Waals surface area contributed by atoms with Crippen LogP contribution in [0.2, 0.25) is 5.02 Å². The van der Waals surface area contributed by atoms with E-state index < -0.39 is 29.9 Å². The van der Waals surface area contributed by atoms with Gasteiger partial charge < -0.3 is 19.7 Å². The molecule has 1 aliphatic rings. The Kier molecular flexibility index (Phi) is 7.67. The molecule has 0 spiro atoms. The summed E-state index contributed by atoms with van der Waals surface area (Å²) in [7, 11) is 0. The largest absolute Gasteiger partial charge is 0.581 e. The average molecular weight is 505 g/mol. The molecule has 8 nitrogen and oxygen atoms in total. The topological polar surface area (TPSA) is 107 Å². The fraction of sp³-hybridized carbons (Fsp3) is 0.400. The standard InChI is InChI=1S/C20H20ClN4O4.Y/c1-19(2,3)29-18(27)28-12-25(20(11-22)6-7-20)17(26)15-8-13(4-5-16(15)21)14-9-23-24-10-14;/h4-5,8-10H,6-7,12H2,1-3H3;/q-1;. The molecule has 1 fully saturated rings. The van der Waals surface area contributed by atoms with E-state index >= 15 is 0 Å². The second-order valence-corrected chi connectivity index (χ2v) is 8.16. The second-order valence-electron chi connectivity index (χ2n) is 7.75. The average Bonchev–Trinajstić information content (AvgIpc) is 3.24. The van der Waals surface area contributed by atoms with Crippen LogP contribution in [0.1, 0.15) is 44.0 Å². The third-order valence-electron chi connectivity index (χ3n) is 4.38. The maximum atomic E-state index is 13.3. The summed E-state index contributed by atoms with van der Waals surface area (Å²) in [5, 5.41) is 17.4. The number of rotatable bonds is 5. The van der Waals surface area contributed by atoms with Crippen molar-refractivity contribution in [2.45, 2.75) is 44.8 Å². The summed E-state index contributed by atoms with van der Waals surface area (Å²) in [6.45, 7) is 4.69. The number of hydrogen-bond acceptors (Lipinski definition) is 6. The van der Waals surface area contributed by atoms with Crippen LogP contribution in [0.3, 0.4) is 0 Å². The SMILES string of the molecule is CC(C)(C)OC(=O)OCN(C(=O)c1cc(-c2cn[n-]c2)ccc1Cl)C1(C#N)CC1.[Y]. The summed E-state index contributed by atoms with van der Waals surface area (Å²) in [4.78, 5) is 26.4. The Bertz CT molecular complexity index is 962. The van der Waals surface area contributed by atoms with Crippen molar-refractivity contribution >= 4 is 23.7 Å². The van der Waals surface area contributed by atoms with Gasteiger partial charge in [0, 0.05) is 38.9 Å². The first-order valence-corrected chi connectivity index (χ1v) is 9.35. The summed E-state index contributed by atoms with van der Waals surface area (Å²) in [5.74, 6) is -0.507. The van der Waals surface area contributed by atoms with Gasteiger partial charge in [0.2, 0.25) is 0 Å². The molecule has 155 valence electrons. The molecule has 10 heteroatoms. The van der Waals surface area contributed by atoms with Crippen molar-refractivity contribution in [2.24, 2.45) is 0 Å². The normalized spacial score (nSPS) is 14.1. The zero-order valence-electron chi connectivity index (χ0n) is 16.9. The molecule has 1 radical (unpaired) electrons. The number of nitriles is 1. The first kappa shape index (κ1) is 24.3. The van der Waals surface area contributed by atoms with Crippen molar-refractivity contribution in [3.05, 3.63) is 41.2 Å². The van der Waals surface area contributed by atoms with Crippen molar-refractivity contribution in [3.63, 3.8) is 0 Å². The maximum Gasteiger partial charge on any atom is 0.510 e. The van der Waals surface area contributed by atoms with Crippen LogP contribution in [-0.2, 0) is 42.2 Å². The Morgan fingerprint density at radius 3 is 2.57 bits per heavy atom. The van der Waals surface area contributed by atoms with E-state index in [0.29, 0.717) is 18.4 Å². The quantitative estimate of drug-likeness (QED) is 0.451. The van der Waals surface area contributed by atoms with Gasteiger partial charge in [-0.1, -0.05) is 17.7 Å². The summed E-state index contributed by atoms with van der Waals surface area (Å²) >= 11 is 6.27. The van der Waals surface area contributed by atoms with Gasteiger partial charge in [0.25, 0.3) is 5.91 Å². The van der Waals surface area contributed by atoms with Gasteiger partial charge in [-0.25, -0.2) is 4.79 Å². The van der Waals surface area contributed by atoms with E-state index in [-0.39, 0.29) is 43.3 Å². The fourth-order valence-corrected chi connectivity index (χ4v) is 2.92. The van der Waals surface area contributed by atoms with E-state index in [2.05, 4.69) is 16.3 Å². The molecular weight excluding hydrogens is 485 g/mol. The molecule has 2 aromatic rings. The predicted molar refractivity (Wildman–Crippen MR) is 104 cm³/mol. The van der Waals surface area contributed by atoms with Crippen molar-refractivity contribution < 1.29 is 51.8 Å². The van der Waals surface area contributed by atoms with Crippen LogP contribution >= 0.6 is 11.6 Å². The van der Waals surface area contributed by atoms with E-state index in [0.717, 1.165) is 5.56 Å². The summed E-state index contributed by atoms with van der Waals surface area (Å²) < 4.78 is 10.2. The van der Waals surface area contributed by atoms with Crippen LogP contribution in [0.15, 0.2) is 30.6 Å². The summed E-state index contributed by atoms with van der Waals surface area (Å²) in [6.07, 6.45) is 3.19. The van der Waals surface area contributed by atoms with Crippen molar-refractivity contribution in [2.75, 3.05) is 6.73 Å². The molecular formula is C20H20ClN4O4Y-. The van der Waals surface area contributed by atoms with Gasteiger partial charge in [0.1, 0.15) is 11.1 Å². The number of carbonyl (C=O) groups is 2. The van der Waals surface area contributed by atoms with E-state index in [1.807, 2.05) is 0 Å². The monoisotopic (exact) mass is 504 g/mol. The molecule has 1 amide bonds. The Balaban J connectivity index is 0.00000320. The van der Waals surface area contributed by atoms with Crippen molar-refractivity contribution in [3.8, 4) is 17.2 Å². The molecule has 0 bridgehead atoms. The number of benzene rings is 1. The van der Waals surface area contributed by atoms with Gasteiger partial charge in [-0.3, -0.25) is 9.69 Å². The van der Waals surface area contributed by atoms with Crippen LogP contribution in [0.5, 0.6) is 0 Å². The minimum absolute atomic E-state index is 0. The molecule has 0 N–H and O–H groups in total. The number of hydrogen-bond donors (Lipinski definition) is 0. The zero-order valence-corrected chi connectivity index (χ0v) is 20.5. The summed E-state index contributed by atoms with van der Waals surface area (Å²) in [6, 6.07) is 7.09. The van der Waals surface area contributed by atoms with Crippen molar-refractivity contribution in [1.29, 1.82) is 5.26 Å². The van der Waals surface area contributed by atoms with Crippen LogP contribution in [0.25, 0.3) is 11.1 Å². The first-order valence-electron chi connectivity index (χ1n) is 8.97. The molecule has 1 saturated carbocycles. The third-order valence-corrected chi connectivity index (χ3v) is 4.71. The Morgan fingerprint density at radius 2 is 2.03 bits per heavy atom. The van der Waals surface area contributed by atoms with Crippen LogP contribution in [-0.4, -0.2) is 39.9 Å². The zero-order chi connectivity index (χ0) is 21.2. The molecule has 1 aliphatic carbocycles. The molecule has 1 aromatic carbocycles. The second kappa shape index (κ2) is 9.46. The van der Waals surface area contributed by atoms with E-state index in [4.69, 9.17) is 21.1 Å². The Hall–Kier alpha value is -1.95. The third kappa shape index (κ3) is 5.60.